The lowest BCUT2D eigenvalue weighted by Crippen LogP contribution is -2.53. The van der Waals surface area contributed by atoms with E-state index in [1.165, 1.54) is 0 Å². The third-order valence-corrected chi connectivity index (χ3v) is 9.11. The molecule has 0 radical (unpaired) electrons. The standard InChI is InChI=1S/C28H29N9O2S/c1-16(2)32-22-10-23(24-6-5-20-9-17(11-29)12-31-37(20)24)30-13-21(22)26-33-34-27(40-26)35-14-18-3-4-19(15-35)25(18)36-7-8-39-28(36)38/h5-6,9-10,12-13,16,18-19,25H,3-4,7-8,14-15H2,1-2H3,(H,30,32). The maximum Gasteiger partial charge on any atom is 0.410 e. The summed E-state index contributed by atoms with van der Waals surface area (Å²) >= 11 is 1.58. The number of nitrogens with zero attached hydrogens (tertiary/aromatic N) is 8. The minimum Gasteiger partial charge on any atom is -0.448 e. The normalized spacial score (nSPS) is 22.2. The van der Waals surface area contributed by atoms with Crippen molar-refractivity contribution in [3.8, 4) is 28.0 Å². The van der Waals surface area contributed by atoms with Gasteiger partial charge in [-0.25, -0.2) is 9.31 Å². The van der Waals surface area contributed by atoms with Crippen LogP contribution in [0, 0.1) is 23.2 Å². The number of carbonyl (C=O) groups is 1. The lowest BCUT2D eigenvalue weighted by atomic mass is 9.91. The number of ether oxygens (including phenoxy) is 1. The summed E-state index contributed by atoms with van der Waals surface area (Å²) in [5.74, 6) is 0.844. The van der Waals surface area contributed by atoms with E-state index in [1.54, 1.807) is 22.0 Å². The molecule has 40 heavy (non-hydrogen) atoms. The molecular formula is C28H29N9O2S. The van der Waals surface area contributed by atoms with Crippen molar-refractivity contribution in [1.29, 1.82) is 5.26 Å². The quantitative estimate of drug-likeness (QED) is 0.371. The topological polar surface area (TPSA) is 125 Å². The summed E-state index contributed by atoms with van der Waals surface area (Å²) in [6.07, 6.45) is 5.49. The molecule has 3 fully saturated rings. The van der Waals surface area contributed by atoms with Crippen molar-refractivity contribution in [2.75, 3.05) is 36.5 Å². The first-order valence-electron chi connectivity index (χ1n) is 13.7. The van der Waals surface area contributed by atoms with Crippen molar-refractivity contribution in [2.45, 2.75) is 38.8 Å². The summed E-state index contributed by atoms with van der Waals surface area (Å²) in [5, 5.41) is 28.1. The second-order valence-electron chi connectivity index (χ2n) is 11.0. The van der Waals surface area contributed by atoms with Crippen LogP contribution in [0.1, 0.15) is 32.3 Å². The van der Waals surface area contributed by atoms with Gasteiger partial charge in [0.2, 0.25) is 5.13 Å². The summed E-state index contributed by atoms with van der Waals surface area (Å²) in [7, 11) is 0. The number of piperidine rings is 1. The van der Waals surface area contributed by atoms with Gasteiger partial charge in [-0.05, 0) is 62.8 Å². The molecule has 1 amide bonds. The van der Waals surface area contributed by atoms with Gasteiger partial charge < -0.3 is 19.9 Å². The second-order valence-corrected chi connectivity index (χ2v) is 12.0. The Labute approximate surface area is 235 Å². The van der Waals surface area contributed by atoms with Gasteiger partial charge in [0.25, 0.3) is 0 Å². The molecule has 0 aromatic carbocycles. The Morgan fingerprint density at radius 2 is 1.98 bits per heavy atom. The predicted molar refractivity (Wildman–Crippen MR) is 151 cm³/mol. The maximum atomic E-state index is 12.2. The fraction of sp³-hybridized carbons (Fsp3) is 0.429. The Hall–Kier alpha value is -4.24. The van der Waals surface area contributed by atoms with E-state index in [-0.39, 0.29) is 18.2 Å². The smallest absolute Gasteiger partial charge is 0.410 e. The van der Waals surface area contributed by atoms with Crippen molar-refractivity contribution in [3.05, 3.63) is 42.2 Å². The van der Waals surface area contributed by atoms with Crippen molar-refractivity contribution in [1.82, 2.24) is 29.7 Å². The molecule has 2 atom stereocenters. The van der Waals surface area contributed by atoms with Crippen LogP contribution in [0.3, 0.4) is 0 Å². The zero-order valence-electron chi connectivity index (χ0n) is 22.3. The SMILES string of the molecule is CC(C)Nc1cc(-c2ccc3cc(C#N)cnn23)ncc1-c1nnc(N2CC3CCC(C2)C3N2CCOC2=O)s1. The van der Waals surface area contributed by atoms with E-state index in [9.17, 15) is 10.1 Å². The van der Waals surface area contributed by atoms with Gasteiger partial charge in [0.05, 0.1) is 40.8 Å². The summed E-state index contributed by atoms with van der Waals surface area (Å²) in [6.45, 7) is 7.14. The van der Waals surface area contributed by atoms with E-state index in [2.05, 4.69) is 45.4 Å². The Morgan fingerprint density at radius 1 is 1.15 bits per heavy atom. The molecule has 4 aromatic rings. The number of hydrogen-bond acceptors (Lipinski definition) is 10. The van der Waals surface area contributed by atoms with Gasteiger partial charge in [0.1, 0.15) is 12.7 Å². The van der Waals surface area contributed by atoms with Crippen LogP contribution in [0.2, 0.25) is 0 Å². The molecule has 2 saturated heterocycles. The van der Waals surface area contributed by atoms with Crippen molar-refractivity contribution in [2.24, 2.45) is 11.8 Å². The largest absolute Gasteiger partial charge is 0.448 e. The Bertz CT molecular complexity index is 1630. The minimum atomic E-state index is -0.162. The molecule has 6 heterocycles. The summed E-state index contributed by atoms with van der Waals surface area (Å²) < 4.78 is 7.03. The number of aromatic nitrogens is 5. The van der Waals surface area contributed by atoms with E-state index in [0.717, 1.165) is 64.2 Å². The lowest BCUT2D eigenvalue weighted by molar-refractivity contribution is 0.122. The third kappa shape index (κ3) is 4.21. The van der Waals surface area contributed by atoms with Crippen LogP contribution in [0.4, 0.5) is 15.6 Å². The third-order valence-electron chi connectivity index (χ3n) is 8.09. The molecule has 2 bridgehead atoms. The van der Waals surface area contributed by atoms with E-state index in [1.807, 2.05) is 35.4 Å². The second kappa shape index (κ2) is 9.75. The number of carbonyl (C=O) groups excluding carboxylic acids is 1. The first kappa shape index (κ1) is 24.8. The average molecular weight is 556 g/mol. The van der Waals surface area contributed by atoms with E-state index < -0.39 is 0 Å². The molecule has 1 N–H and O–H groups in total. The highest BCUT2D eigenvalue weighted by Gasteiger charge is 2.48. The first-order valence-corrected chi connectivity index (χ1v) is 14.5. The highest BCUT2D eigenvalue weighted by molar-refractivity contribution is 7.18. The number of fused-ring (bicyclic) bond motifs is 3. The van der Waals surface area contributed by atoms with Crippen LogP contribution >= 0.6 is 11.3 Å². The summed E-state index contributed by atoms with van der Waals surface area (Å²) in [6, 6.07) is 10.4. The first-order chi connectivity index (χ1) is 19.5. The number of nitrogens with one attached hydrogen (secondary N) is 1. The molecule has 7 rings (SSSR count). The van der Waals surface area contributed by atoms with Gasteiger partial charge in [0, 0.05) is 37.1 Å². The number of rotatable bonds is 6. The predicted octanol–water partition coefficient (Wildman–Crippen LogP) is 4.27. The summed E-state index contributed by atoms with van der Waals surface area (Å²) in [5.41, 5.74) is 4.80. The van der Waals surface area contributed by atoms with Gasteiger partial charge in [-0.3, -0.25) is 4.98 Å². The molecule has 11 nitrogen and oxygen atoms in total. The molecule has 204 valence electrons. The van der Waals surface area contributed by atoms with Crippen molar-refractivity contribution >= 4 is 33.8 Å². The molecule has 2 unspecified atom stereocenters. The van der Waals surface area contributed by atoms with E-state index in [0.29, 0.717) is 30.6 Å². The van der Waals surface area contributed by atoms with E-state index >= 15 is 0 Å². The average Bonchev–Trinajstić information content (AvgIpc) is 3.73. The Kier molecular flexibility index (Phi) is 6.04. The molecule has 4 aromatic heterocycles. The molecule has 1 aliphatic carbocycles. The minimum absolute atomic E-state index is 0.162. The van der Waals surface area contributed by atoms with Gasteiger partial charge in [-0.1, -0.05) is 11.3 Å². The molecular weight excluding hydrogens is 526 g/mol. The van der Waals surface area contributed by atoms with Gasteiger partial charge in [-0.15, -0.1) is 10.2 Å². The monoisotopic (exact) mass is 555 g/mol. The van der Waals surface area contributed by atoms with Crippen molar-refractivity contribution in [3.63, 3.8) is 0 Å². The van der Waals surface area contributed by atoms with Crippen LogP contribution in [0.15, 0.2) is 36.7 Å². The van der Waals surface area contributed by atoms with Crippen LogP contribution in [0.25, 0.3) is 27.5 Å². The van der Waals surface area contributed by atoms with Gasteiger partial charge >= 0.3 is 6.09 Å². The fourth-order valence-electron chi connectivity index (χ4n) is 6.44. The van der Waals surface area contributed by atoms with Crippen LogP contribution in [-0.2, 0) is 4.74 Å². The fourth-order valence-corrected chi connectivity index (χ4v) is 7.32. The highest BCUT2D eigenvalue weighted by atomic mass is 32.1. The highest BCUT2D eigenvalue weighted by Crippen LogP contribution is 2.44. The Balaban J connectivity index is 1.16. The molecule has 12 heteroatoms. The number of hydrogen-bond donors (Lipinski definition) is 1. The molecule has 3 aliphatic rings. The zero-order chi connectivity index (χ0) is 27.4. The number of cyclic esters (lactones) is 1. The van der Waals surface area contributed by atoms with Gasteiger partial charge in [-0.2, -0.15) is 10.4 Å². The summed E-state index contributed by atoms with van der Waals surface area (Å²) in [4.78, 5) is 21.3. The van der Waals surface area contributed by atoms with Crippen molar-refractivity contribution < 1.29 is 9.53 Å². The maximum absolute atomic E-state index is 12.2. The lowest BCUT2D eigenvalue weighted by Gasteiger charge is -2.41. The number of nitriles is 1. The zero-order valence-corrected chi connectivity index (χ0v) is 23.1. The van der Waals surface area contributed by atoms with Crippen LogP contribution in [-0.4, -0.2) is 74.1 Å². The number of anilines is 2. The van der Waals surface area contributed by atoms with Crippen LogP contribution in [0.5, 0.6) is 0 Å². The molecule has 2 aliphatic heterocycles. The van der Waals surface area contributed by atoms with Crippen LogP contribution < -0.4 is 10.2 Å². The van der Waals surface area contributed by atoms with Gasteiger partial charge in [0.15, 0.2) is 5.01 Å². The molecule has 0 spiro atoms. The van der Waals surface area contributed by atoms with E-state index in [4.69, 9.17) is 9.72 Å². The molecule has 1 saturated carbocycles. The number of pyridine rings is 1. The number of amides is 1. The Morgan fingerprint density at radius 3 is 2.70 bits per heavy atom.